The molecule has 1 aromatic carbocycles. The standard InChI is InChI=1S/C14H13ClN2/c15-14-16-12-9-5-4-8-11(12)13(17-14)10-6-2-1-3-7-10/h1-3,6-7H,4-5,8-9H2. The highest BCUT2D eigenvalue weighted by Crippen LogP contribution is 2.29. The van der Waals surface area contributed by atoms with Crippen LogP contribution in [0.15, 0.2) is 30.3 Å². The summed E-state index contributed by atoms with van der Waals surface area (Å²) >= 11 is 6.01. The predicted octanol–water partition coefficient (Wildman–Crippen LogP) is 3.68. The maximum Gasteiger partial charge on any atom is 0.223 e. The van der Waals surface area contributed by atoms with Gasteiger partial charge in [0.25, 0.3) is 0 Å². The van der Waals surface area contributed by atoms with Crippen molar-refractivity contribution in [3.05, 3.63) is 46.9 Å². The molecule has 1 aliphatic rings. The van der Waals surface area contributed by atoms with Gasteiger partial charge in [0.1, 0.15) is 0 Å². The topological polar surface area (TPSA) is 25.8 Å². The van der Waals surface area contributed by atoms with E-state index < -0.39 is 0 Å². The maximum atomic E-state index is 6.01. The van der Waals surface area contributed by atoms with Crippen LogP contribution < -0.4 is 0 Å². The molecule has 0 bridgehead atoms. The summed E-state index contributed by atoms with van der Waals surface area (Å²) in [6.07, 6.45) is 4.51. The van der Waals surface area contributed by atoms with E-state index >= 15 is 0 Å². The molecule has 0 saturated carbocycles. The highest BCUT2D eigenvalue weighted by Gasteiger charge is 2.17. The lowest BCUT2D eigenvalue weighted by Gasteiger charge is -2.18. The second-order valence-corrected chi connectivity index (χ2v) is 4.68. The summed E-state index contributed by atoms with van der Waals surface area (Å²) in [4.78, 5) is 8.77. The van der Waals surface area contributed by atoms with Gasteiger partial charge in [-0.2, -0.15) is 0 Å². The van der Waals surface area contributed by atoms with Crippen molar-refractivity contribution < 1.29 is 0 Å². The van der Waals surface area contributed by atoms with E-state index in [0.717, 1.165) is 29.8 Å². The summed E-state index contributed by atoms with van der Waals surface area (Å²) < 4.78 is 0. The number of hydrogen-bond acceptors (Lipinski definition) is 2. The molecule has 0 fully saturated rings. The molecular formula is C14H13ClN2. The van der Waals surface area contributed by atoms with Gasteiger partial charge >= 0.3 is 0 Å². The van der Waals surface area contributed by atoms with Gasteiger partial charge in [-0.1, -0.05) is 30.3 Å². The molecule has 1 aromatic heterocycles. The summed E-state index contributed by atoms with van der Waals surface area (Å²) in [6.45, 7) is 0. The van der Waals surface area contributed by atoms with Crippen LogP contribution in [0.4, 0.5) is 0 Å². The Hall–Kier alpha value is -1.41. The molecule has 0 amide bonds. The van der Waals surface area contributed by atoms with Crippen molar-refractivity contribution in [2.45, 2.75) is 25.7 Å². The van der Waals surface area contributed by atoms with Gasteiger partial charge in [0.2, 0.25) is 5.28 Å². The Morgan fingerprint density at radius 3 is 2.53 bits per heavy atom. The van der Waals surface area contributed by atoms with Crippen LogP contribution in [0.5, 0.6) is 0 Å². The minimum atomic E-state index is 0.365. The van der Waals surface area contributed by atoms with E-state index in [1.54, 1.807) is 0 Å². The van der Waals surface area contributed by atoms with Crippen LogP contribution in [-0.4, -0.2) is 9.97 Å². The molecule has 0 radical (unpaired) electrons. The first-order chi connectivity index (χ1) is 8.34. The third-order valence-electron chi connectivity index (χ3n) is 3.20. The van der Waals surface area contributed by atoms with Crippen molar-refractivity contribution in [1.82, 2.24) is 9.97 Å². The Kier molecular flexibility index (Phi) is 2.81. The van der Waals surface area contributed by atoms with Crippen LogP contribution in [0.3, 0.4) is 0 Å². The molecule has 0 N–H and O–H groups in total. The average molecular weight is 245 g/mol. The number of aryl methyl sites for hydroxylation is 1. The van der Waals surface area contributed by atoms with Crippen LogP contribution >= 0.6 is 11.6 Å². The van der Waals surface area contributed by atoms with Crippen molar-refractivity contribution in [1.29, 1.82) is 0 Å². The zero-order valence-corrected chi connectivity index (χ0v) is 10.2. The largest absolute Gasteiger partial charge is 0.223 e. The van der Waals surface area contributed by atoms with Gasteiger partial charge in [-0.05, 0) is 37.3 Å². The van der Waals surface area contributed by atoms with Crippen LogP contribution in [0.2, 0.25) is 5.28 Å². The molecule has 2 nitrogen and oxygen atoms in total. The monoisotopic (exact) mass is 244 g/mol. The zero-order valence-electron chi connectivity index (χ0n) is 9.49. The fourth-order valence-electron chi connectivity index (χ4n) is 2.40. The normalized spacial score (nSPS) is 14.4. The Morgan fingerprint density at radius 2 is 1.71 bits per heavy atom. The van der Waals surface area contributed by atoms with Gasteiger partial charge in [0, 0.05) is 16.8 Å². The van der Waals surface area contributed by atoms with E-state index in [1.807, 2.05) is 18.2 Å². The third kappa shape index (κ3) is 2.05. The van der Waals surface area contributed by atoms with E-state index in [0.29, 0.717) is 5.28 Å². The number of fused-ring (bicyclic) bond motifs is 1. The molecule has 2 aromatic rings. The fraction of sp³-hybridized carbons (Fsp3) is 0.286. The van der Waals surface area contributed by atoms with Gasteiger partial charge in [-0.15, -0.1) is 0 Å². The van der Waals surface area contributed by atoms with Crippen molar-refractivity contribution in [2.75, 3.05) is 0 Å². The van der Waals surface area contributed by atoms with Crippen LogP contribution in [-0.2, 0) is 12.8 Å². The lowest BCUT2D eigenvalue weighted by atomic mass is 9.92. The van der Waals surface area contributed by atoms with E-state index in [-0.39, 0.29) is 0 Å². The minimum Gasteiger partial charge on any atom is -0.223 e. The molecule has 1 heterocycles. The third-order valence-corrected chi connectivity index (χ3v) is 3.37. The number of benzene rings is 1. The van der Waals surface area contributed by atoms with Gasteiger partial charge in [-0.3, -0.25) is 0 Å². The summed E-state index contributed by atoms with van der Waals surface area (Å²) in [7, 11) is 0. The predicted molar refractivity (Wildman–Crippen MR) is 69.1 cm³/mol. The lowest BCUT2D eigenvalue weighted by molar-refractivity contribution is 0.664. The summed E-state index contributed by atoms with van der Waals surface area (Å²) in [6, 6.07) is 10.2. The van der Waals surface area contributed by atoms with E-state index in [4.69, 9.17) is 11.6 Å². The zero-order chi connectivity index (χ0) is 11.7. The fourth-order valence-corrected chi connectivity index (χ4v) is 2.59. The quantitative estimate of drug-likeness (QED) is 0.716. The molecule has 3 heteroatoms. The average Bonchev–Trinajstić information content (AvgIpc) is 2.39. The maximum absolute atomic E-state index is 6.01. The molecule has 86 valence electrons. The number of nitrogens with zero attached hydrogens (tertiary/aromatic N) is 2. The lowest BCUT2D eigenvalue weighted by Crippen LogP contribution is -2.09. The van der Waals surface area contributed by atoms with Crippen molar-refractivity contribution >= 4 is 11.6 Å². The molecule has 3 rings (SSSR count). The van der Waals surface area contributed by atoms with E-state index in [1.165, 1.54) is 18.4 Å². The van der Waals surface area contributed by atoms with Crippen LogP contribution in [0, 0.1) is 0 Å². The summed E-state index contributed by atoms with van der Waals surface area (Å²) in [5.41, 5.74) is 4.57. The van der Waals surface area contributed by atoms with E-state index in [9.17, 15) is 0 Å². The van der Waals surface area contributed by atoms with E-state index in [2.05, 4.69) is 22.1 Å². The molecule has 0 saturated heterocycles. The Balaban J connectivity index is 2.19. The molecule has 0 aliphatic heterocycles. The van der Waals surface area contributed by atoms with Gasteiger partial charge in [-0.25, -0.2) is 9.97 Å². The summed E-state index contributed by atoms with van der Waals surface area (Å²) in [5, 5.41) is 0.365. The summed E-state index contributed by atoms with van der Waals surface area (Å²) in [5.74, 6) is 0. The molecule has 17 heavy (non-hydrogen) atoms. The smallest absolute Gasteiger partial charge is 0.223 e. The van der Waals surface area contributed by atoms with Crippen molar-refractivity contribution in [3.63, 3.8) is 0 Å². The van der Waals surface area contributed by atoms with Crippen molar-refractivity contribution in [3.8, 4) is 11.3 Å². The first-order valence-corrected chi connectivity index (χ1v) is 6.33. The molecule has 0 spiro atoms. The Bertz CT molecular complexity index is 537. The Morgan fingerprint density at radius 1 is 0.941 bits per heavy atom. The number of halogens is 1. The second kappa shape index (κ2) is 4.46. The molecule has 0 atom stereocenters. The first kappa shape index (κ1) is 10.7. The van der Waals surface area contributed by atoms with Crippen LogP contribution in [0.1, 0.15) is 24.1 Å². The highest BCUT2D eigenvalue weighted by molar-refractivity contribution is 6.28. The van der Waals surface area contributed by atoms with Gasteiger partial charge in [0.15, 0.2) is 0 Å². The molecule has 0 unspecified atom stereocenters. The van der Waals surface area contributed by atoms with Crippen molar-refractivity contribution in [2.24, 2.45) is 0 Å². The Labute approximate surface area is 106 Å². The highest BCUT2D eigenvalue weighted by atomic mass is 35.5. The number of hydrogen-bond donors (Lipinski definition) is 0. The molecule has 1 aliphatic carbocycles. The number of rotatable bonds is 1. The minimum absolute atomic E-state index is 0.365. The van der Waals surface area contributed by atoms with Crippen LogP contribution in [0.25, 0.3) is 11.3 Å². The first-order valence-electron chi connectivity index (χ1n) is 5.95. The molecular weight excluding hydrogens is 232 g/mol. The SMILES string of the molecule is Clc1nc2c(c(-c3ccccc3)n1)CCCC2. The second-order valence-electron chi connectivity index (χ2n) is 4.34. The van der Waals surface area contributed by atoms with Gasteiger partial charge < -0.3 is 0 Å². The van der Waals surface area contributed by atoms with Gasteiger partial charge in [0.05, 0.1) is 5.69 Å². The number of aromatic nitrogens is 2.